The Balaban J connectivity index is 0.00000364. The van der Waals surface area contributed by atoms with Gasteiger partial charge in [0.15, 0.2) is 5.96 Å². The minimum Gasteiger partial charge on any atom is -0.492 e. The molecule has 0 aliphatic carbocycles. The summed E-state index contributed by atoms with van der Waals surface area (Å²) in [5, 5.41) is 14.7. The van der Waals surface area contributed by atoms with Crippen LogP contribution >= 0.6 is 24.0 Å². The number of nitrogens with zero attached hydrogens (tertiary/aromatic N) is 4. The summed E-state index contributed by atoms with van der Waals surface area (Å²) in [5.74, 6) is 2.70. The third kappa shape index (κ3) is 8.59. The molecule has 0 aliphatic rings. The summed E-state index contributed by atoms with van der Waals surface area (Å²) >= 11 is 0. The van der Waals surface area contributed by atoms with Crippen molar-refractivity contribution in [2.75, 3.05) is 26.2 Å². The van der Waals surface area contributed by atoms with Crippen molar-refractivity contribution < 1.29 is 4.74 Å². The molecule has 0 aliphatic heterocycles. The number of ether oxygens (including phenoxy) is 1. The fourth-order valence-corrected chi connectivity index (χ4v) is 2.40. The molecular formula is C19H31IN6O. The van der Waals surface area contributed by atoms with Gasteiger partial charge in [-0.25, -0.2) is 0 Å². The number of benzene rings is 1. The molecule has 1 aromatic carbocycles. The summed E-state index contributed by atoms with van der Waals surface area (Å²) < 4.78 is 7.80. The number of aromatic nitrogens is 3. The Bertz CT molecular complexity index is 671. The van der Waals surface area contributed by atoms with Crippen molar-refractivity contribution in [3.8, 4) is 5.75 Å². The van der Waals surface area contributed by atoms with Crippen molar-refractivity contribution in [2.45, 2.75) is 40.2 Å². The summed E-state index contributed by atoms with van der Waals surface area (Å²) in [6, 6.07) is 8.08. The van der Waals surface area contributed by atoms with Crippen LogP contribution in [0.25, 0.3) is 0 Å². The quantitative estimate of drug-likeness (QED) is 0.234. The van der Waals surface area contributed by atoms with Gasteiger partial charge in [0.1, 0.15) is 24.5 Å². The van der Waals surface area contributed by atoms with Crippen LogP contribution in [0.1, 0.15) is 31.7 Å². The van der Waals surface area contributed by atoms with Gasteiger partial charge in [-0.3, -0.25) is 4.99 Å². The van der Waals surface area contributed by atoms with E-state index in [0.717, 1.165) is 50.0 Å². The molecule has 27 heavy (non-hydrogen) atoms. The first-order chi connectivity index (χ1) is 12.7. The fraction of sp³-hybridized carbons (Fsp3) is 0.526. The molecule has 0 fully saturated rings. The third-order valence-electron chi connectivity index (χ3n) is 3.83. The first kappa shape index (κ1) is 23.2. The van der Waals surface area contributed by atoms with Crippen LogP contribution in [-0.2, 0) is 13.0 Å². The Hall–Kier alpha value is -1.84. The highest BCUT2D eigenvalue weighted by Crippen LogP contribution is 2.10. The average Bonchev–Trinajstić information content (AvgIpc) is 3.11. The molecule has 2 aromatic rings. The van der Waals surface area contributed by atoms with E-state index >= 15 is 0 Å². The zero-order valence-corrected chi connectivity index (χ0v) is 18.8. The van der Waals surface area contributed by atoms with Crippen LogP contribution in [0.5, 0.6) is 5.75 Å². The second-order valence-electron chi connectivity index (χ2n) is 6.04. The van der Waals surface area contributed by atoms with Crippen LogP contribution in [0.15, 0.2) is 35.6 Å². The summed E-state index contributed by atoms with van der Waals surface area (Å²) in [6.07, 6.45) is 3.66. The molecule has 1 heterocycles. The molecule has 0 amide bonds. The topological polar surface area (TPSA) is 76.4 Å². The highest BCUT2D eigenvalue weighted by Gasteiger charge is 2.03. The predicted octanol–water partition coefficient (Wildman–Crippen LogP) is 2.79. The van der Waals surface area contributed by atoms with Gasteiger partial charge < -0.3 is 19.9 Å². The minimum absolute atomic E-state index is 0. The van der Waals surface area contributed by atoms with Crippen molar-refractivity contribution >= 4 is 29.9 Å². The van der Waals surface area contributed by atoms with Gasteiger partial charge in [0.2, 0.25) is 0 Å². The Morgan fingerprint density at radius 1 is 1.15 bits per heavy atom. The second-order valence-corrected chi connectivity index (χ2v) is 6.04. The van der Waals surface area contributed by atoms with Crippen molar-refractivity contribution in [3.05, 3.63) is 42.0 Å². The van der Waals surface area contributed by atoms with E-state index in [9.17, 15) is 0 Å². The lowest BCUT2D eigenvalue weighted by Crippen LogP contribution is -2.41. The van der Waals surface area contributed by atoms with Crippen molar-refractivity contribution in [3.63, 3.8) is 0 Å². The first-order valence-electron chi connectivity index (χ1n) is 9.31. The maximum Gasteiger partial charge on any atom is 0.191 e. The second kappa shape index (κ2) is 13.3. The Kier molecular flexibility index (Phi) is 11.5. The fourth-order valence-electron chi connectivity index (χ4n) is 2.40. The van der Waals surface area contributed by atoms with Crippen molar-refractivity contribution in [2.24, 2.45) is 4.99 Å². The summed E-state index contributed by atoms with van der Waals surface area (Å²) in [7, 11) is 0. The molecule has 1 aromatic heterocycles. The zero-order valence-electron chi connectivity index (χ0n) is 16.4. The molecule has 2 N–H and O–H groups in total. The number of nitrogens with one attached hydrogen (secondary N) is 2. The number of guanidine groups is 1. The Labute approximate surface area is 179 Å². The monoisotopic (exact) mass is 486 g/mol. The van der Waals surface area contributed by atoms with Crippen LogP contribution in [0.2, 0.25) is 0 Å². The molecule has 0 unspecified atom stereocenters. The van der Waals surface area contributed by atoms with E-state index in [1.165, 1.54) is 5.56 Å². The van der Waals surface area contributed by atoms with E-state index in [-0.39, 0.29) is 24.0 Å². The molecule has 8 heteroatoms. The molecular weight excluding hydrogens is 455 g/mol. The van der Waals surface area contributed by atoms with Crippen LogP contribution in [-0.4, -0.2) is 47.0 Å². The summed E-state index contributed by atoms with van der Waals surface area (Å²) in [5.41, 5.74) is 1.23. The number of aliphatic imine (C=N–C) groups is 1. The first-order valence-corrected chi connectivity index (χ1v) is 9.31. The normalized spacial score (nSPS) is 11.0. The summed E-state index contributed by atoms with van der Waals surface area (Å²) in [4.78, 5) is 4.56. The van der Waals surface area contributed by atoms with Gasteiger partial charge in [0.05, 0.1) is 6.54 Å². The number of rotatable bonds is 10. The molecule has 0 bridgehead atoms. The lowest BCUT2D eigenvalue weighted by atomic mass is 10.2. The number of hydrogen-bond acceptors (Lipinski definition) is 4. The van der Waals surface area contributed by atoms with Crippen LogP contribution < -0.4 is 15.4 Å². The molecule has 0 radical (unpaired) electrons. The molecule has 0 saturated heterocycles. The number of hydrogen-bond donors (Lipinski definition) is 2. The SMILES string of the molecule is CCCN=C(NCCOc1ccc(C)cc1)NCCn1cnnc1CC.I. The molecule has 7 nitrogen and oxygen atoms in total. The summed E-state index contributed by atoms with van der Waals surface area (Å²) in [6.45, 7) is 9.90. The van der Waals surface area contributed by atoms with Gasteiger partial charge in [-0.05, 0) is 25.5 Å². The molecule has 0 saturated carbocycles. The van der Waals surface area contributed by atoms with E-state index in [4.69, 9.17) is 4.74 Å². The third-order valence-corrected chi connectivity index (χ3v) is 3.83. The van der Waals surface area contributed by atoms with Crippen LogP contribution in [0.3, 0.4) is 0 Å². The van der Waals surface area contributed by atoms with Gasteiger partial charge in [0.25, 0.3) is 0 Å². The van der Waals surface area contributed by atoms with Gasteiger partial charge in [0, 0.05) is 26.1 Å². The van der Waals surface area contributed by atoms with E-state index in [1.807, 2.05) is 24.3 Å². The molecule has 2 rings (SSSR count). The number of halogens is 1. The molecule has 0 atom stereocenters. The predicted molar refractivity (Wildman–Crippen MR) is 120 cm³/mol. The van der Waals surface area contributed by atoms with Crippen LogP contribution in [0.4, 0.5) is 0 Å². The van der Waals surface area contributed by atoms with E-state index in [0.29, 0.717) is 13.2 Å². The number of aryl methyl sites for hydroxylation is 2. The van der Waals surface area contributed by atoms with Gasteiger partial charge in [-0.2, -0.15) is 0 Å². The largest absolute Gasteiger partial charge is 0.492 e. The molecule has 0 spiro atoms. The molecule has 150 valence electrons. The lowest BCUT2D eigenvalue weighted by molar-refractivity contribution is 0.322. The standard InChI is InChI=1S/C19H30N6O.HI/c1-4-10-20-19(21-11-13-25-15-23-24-18(25)5-2)22-12-14-26-17-8-6-16(3)7-9-17;/h6-9,15H,4-5,10-14H2,1-3H3,(H2,20,21,22);1H. The van der Waals surface area contributed by atoms with Crippen molar-refractivity contribution in [1.29, 1.82) is 0 Å². The highest BCUT2D eigenvalue weighted by molar-refractivity contribution is 14.0. The Morgan fingerprint density at radius 3 is 2.59 bits per heavy atom. The minimum atomic E-state index is 0. The van der Waals surface area contributed by atoms with Crippen LogP contribution in [0, 0.1) is 6.92 Å². The van der Waals surface area contributed by atoms with E-state index in [1.54, 1.807) is 6.33 Å². The van der Waals surface area contributed by atoms with E-state index < -0.39 is 0 Å². The lowest BCUT2D eigenvalue weighted by Gasteiger charge is -2.14. The van der Waals surface area contributed by atoms with E-state index in [2.05, 4.69) is 51.2 Å². The van der Waals surface area contributed by atoms with Crippen molar-refractivity contribution in [1.82, 2.24) is 25.4 Å². The maximum atomic E-state index is 5.74. The maximum absolute atomic E-state index is 5.74. The average molecular weight is 486 g/mol. The Morgan fingerprint density at radius 2 is 1.89 bits per heavy atom. The smallest absolute Gasteiger partial charge is 0.191 e. The van der Waals surface area contributed by atoms with Gasteiger partial charge in [-0.15, -0.1) is 34.2 Å². The van der Waals surface area contributed by atoms with Gasteiger partial charge in [-0.1, -0.05) is 31.5 Å². The van der Waals surface area contributed by atoms with Gasteiger partial charge >= 0.3 is 0 Å². The highest BCUT2D eigenvalue weighted by atomic mass is 127. The zero-order chi connectivity index (χ0) is 18.6.